The first-order chi connectivity index (χ1) is 9.69. The van der Waals surface area contributed by atoms with E-state index in [9.17, 15) is 0 Å². The molecule has 1 unspecified atom stereocenters. The van der Waals surface area contributed by atoms with Crippen molar-refractivity contribution in [3.05, 3.63) is 21.9 Å². The molecule has 0 aliphatic heterocycles. The van der Waals surface area contributed by atoms with Crippen molar-refractivity contribution in [1.82, 2.24) is 5.32 Å². The van der Waals surface area contributed by atoms with Crippen LogP contribution in [0.1, 0.15) is 69.6 Å². The summed E-state index contributed by atoms with van der Waals surface area (Å²) < 4.78 is 0. The Hall–Kier alpha value is -0.340. The van der Waals surface area contributed by atoms with E-state index >= 15 is 0 Å². The lowest BCUT2D eigenvalue weighted by Crippen LogP contribution is -2.36. The summed E-state index contributed by atoms with van der Waals surface area (Å²) >= 11 is 2.02. The third kappa shape index (κ3) is 5.57. The van der Waals surface area contributed by atoms with Gasteiger partial charge in [-0.3, -0.25) is 0 Å². The Morgan fingerprint density at radius 1 is 1.05 bits per heavy atom. The SMILES string of the molecule is CCCCC(CC)(CNCCC)Cc1ccc(CC)s1. The van der Waals surface area contributed by atoms with Gasteiger partial charge >= 0.3 is 0 Å². The second-order valence-electron chi connectivity index (χ2n) is 6.03. The molecule has 0 radical (unpaired) electrons. The summed E-state index contributed by atoms with van der Waals surface area (Å²) in [6, 6.07) is 4.68. The largest absolute Gasteiger partial charge is 0.316 e. The zero-order chi connectivity index (χ0) is 14.8. The summed E-state index contributed by atoms with van der Waals surface area (Å²) in [4.78, 5) is 3.11. The van der Waals surface area contributed by atoms with Gasteiger partial charge in [0.15, 0.2) is 0 Å². The molecule has 20 heavy (non-hydrogen) atoms. The topological polar surface area (TPSA) is 12.0 Å². The third-order valence-corrected chi connectivity index (χ3v) is 5.58. The zero-order valence-electron chi connectivity index (χ0n) is 13.9. The molecule has 1 rings (SSSR count). The van der Waals surface area contributed by atoms with E-state index < -0.39 is 0 Å². The van der Waals surface area contributed by atoms with Gasteiger partial charge in [0.25, 0.3) is 0 Å². The Bertz CT molecular complexity index is 358. The van der Waals surface area contributed by atoms with Crippen LogP contribution < -0.4 is 5.32 Å². The summed E-state index contributed by atoms with van der Waals surface area (Å²) in [6.07, 6.45) is 8.96. The molecule has 0 saturated heterocycles. The fourth-order valence-corrected chi connectivity index (χ4v) is 3.96. The maximum absolute atomic E-state index is 3.68. The van der Waals surface area contributed by atoms with Crippen LogP contribution in [0, 0.1) is 5.41 Å². The predicted octanol–water partition coefficient (Wildman–Crippen LogP) is 5.44. The van der Waals surface area contributed by atoms with E-state index in [0.29, 0.717) is 5.41 Å². The number of rotatable bonds is 11. The van der Waals surface area contributed by atoms with Gasteiger partial charge in [0.1, 0.15) is 0 Å². The van der Waals surface area contributed by atoms with Gasteiger partial charge in [-0.25, -0.2) is 0 Å². The first-order valence-electron chi connectivity index (χ1n) is 8.48. The monoisotopic (exact) mass is 295 g/mol. The van der Waals surface area contributed by atoms with Crippen LogP contribution in [0.5, 0.6) is 0 Å². The van der Waals surface area contributed by atoms with Gasteiger partial charge in [-0.05, 0) is 56.2 Å². The summed E-state index contributed by atoms with van der Waals surface area (Å²) in [5.41, 5.74) is 0.459. The van der Waals surface area contributed by atoms with Gasteiger partial charge in [-0.1, -0.05) is 40.5 Å². The predicted molar refractivity (Wildman–Crippen MR) is 92.8 cm³/mol. The van der Waals surface area contributed by atoms with Crippen LogP contribution in [0.2, 0.25) is 0 Å². The van der Waals surface area contributed by atoms with Gasteiger partial charge in [0, 0.05) is 16.3 Å². The summed E-state index contributed by atoms with van der Waals surface area (Å²) in [5, 5.41) is 3.68. The van der Waals surface area contributed by atoms with Crippen molar-refractivity contribution in [2.24, 2.45) is 5.41 Å². The van der Waals surface area contributed by atoms with Crippen molar-refractivity contribution in [3.63, 3.8) is 0 Å². The molecule has 0 saturated carbocycles. The first kappa shape index (κ1) is 17.7. The van der Waals surface area contributed by atoms with E-state index in [1.54, 1.807) is 4.88 Å². The minimum Gasteiger partial charge on any atom is -0.316 e. The maximum Gasteiger partial charge on any atom is 0.00541 e. The van der Waals surface area contributed by atoms with Crippen molar-refractivity contribution in [2.45, 2.75) is 72.6 Å². The van der Waals surface area contributed by atoms with Gasteiger partial charge in [0.05, 0.1) is 0 Å². The van der Waals surface area contributed by atoms with E-state index in [1.165, 1.54) is 56.4 Å². The number of unbranched alkanes of at least 4 members (excludes halogenated alkanes) is 1. The molecule has 0 aliphatic rings. The zero-order valence-corrected chi connectivity index (χ0v) is 14.7. The van der Waals surface area contributed by atoms with Crippen molar-refractivity contribution in [3.8, 4) is 0 Å². The van der Waals surface area contributed by atoms with Gasteiger partial charge < -0.3 is 5.32 Å². The Morgan fingerprint density at radius 2 is 1.80 bits per heavy atom. The third-order valence-electron chi connectivity index (χ3n) is 4.35. The fraction of sp³-hybridized carbons (Fsp3) is 0.778. The molecule has 1 atom stereocenters. The molecule has 1 aromatic heterocycles. The average Bonchev–Trinajstić information content (AvgIpc) is 2.92. The Labute approximate surface area is 130 Å². The minimum absolute atomic E-state index is 0.459. The number of hydrogen-bond acceptors (Lipinski definition) is 2. The lowest BCUT2D eigenvalue weighted by Gasteiger charge is -2.33. The smallest absolute Gasteiger partial charge is 0.00541 e. The molecule has 1 nitrogen and oxygen atoms in total. The van der Waals surface area contributed by atoms with E-state index in [-0.39, 0.29) is 0 Å². The van der Waals surface area contributed by atoms with Gasteiger partial charge in [-0.2, -0.15) is 0 Å². The van der Waals surface area contributed by atoms with Crippen LogP contribution in [-0.4, -0.2) is 13.1 Å². The highest BCUT2D eigenvalue weighted by molar-refractivity contribution is 7.11. The molecule has 1 N–H and O–H groups in total. The lowest BCUT2D eigenvalue weighted by atomic mass is 9.76. The molecule has 0 aliphatic carbocycles. The highest BCUT2D eigenvalue weighted by Gasteiger charge is 2.28. The summed E-state index contributed by atoms with van der Waals surface area (Å²) in [5.74, 6) is 0. The Balaban J connectivity index is 2.72. The number of hydrogen-bond donors (Lipinski definition) is 1. The number of nitrogens with one attached hydrogen (secondary N) is 1. The average molecular weight is 296 g/mol. The van der Waals surface area contributed by atoms with Gasteiger partial charge in [-0.15, -0.1) is 11.3 Å². The first-order valence-corrected chi connectivity index (χ1v) is 9.29. The van der Waals surface area contributed by atoms with Crippen molar-refractivity contribution < 1.29 is 0 Å². The molecule has 1 aromatic rings. The van der Waals surface area contributed by atoms with Crippen LogP contribution in [0.4, 0.5) is 0 Å². The molecule has 1 heterocycles. The Kier molecular flexibility index (Phi) is 8.47. The second kappa shape index (κ2) is 9.57. The standard InChI is InChI=1S/C18H33NS/c1-5-9-12-18(8-4,15-19-13-6-2)14-17-11-10-16(7-3)20-17/h10-11,19H,5-9,12-15H2,1-4H3. The number of aryl methyl sites for hydroxylation is 1. The summed E-state index contributed by atoms with van der Waals surface area (Å²) in [7, 11) is 0. The quantitative estimate of drug-likeness (QED) is 0.536. The van der Waals surface area contributed by atoms with Crippen LogP contribution >= 0.6 is 11.3 Å². The highest BCUT2D eigenvalue weighted by atomic mass is 32.1. The van der Waals surface area contributed by atoms with Gasteiger partial charge in [0.2, 0.25) is 0 Å². The Morgan fingerprint density at radius 3 is 2.35 bits per heavy atom. The molecule has 116 valence electrons. The van der Waals surface area contributed by atoms with E-state index in [4.69, 9.17) is 0 Å². The van der Waals surface area contributed by atoms with E-state index in [2.05, 4.69) is 45.1 Å². The molecular formula is C18H33NS. The van der Waals surface area contributed by atoms with E-state index in [0.717, 1.165) is 6.54 Å². The molecule has 2 heteroatoms. The maximum atomic E-state index is 3.68. The highest BCUT2D eigenvalue weighted by Crippen LogP contribution is 2.34. The lowest BCUT2D eigenvalue weighted by molar-refractivity contribution is 0.231. The molecule has 0 spiro atoms. The minimum atomic E-state index is 0.459. The number of thiophene rings is 1. The molecule has 0 aromatic carbocycles. The molecule has 0 fully saturated rings. The molecule has 0 bridgehead atoms. The molecule has 0 amide bonds. The van der Waals surface area contributed by atoms with Crippen molar-refractivity contribution in [2.75, 3.05) is 13.1 Å². The van der Waals surface area contributed by atoms with Crippen LogP contribution in [-0.2, 0) is 12.8 Å². The normalized spacial score (nSPS) is 14.4. The van der Waals surface area contributed by atoms with E-state index in [1.807, 2.05) is 11.3 Å². The summed E-state index contributed by atoms with van der Waals surface area (Å²) in [6.45, 7) is 11.5. The van der Waals surface area contributed by atoms with Crippen LogP contribution in [0.25, 0.3) is 0 Å². The second-order valence-corrected chi connectivity index (χ2v) is 7.29. The van der Waals surface area contributed by atoms with Crippen molar-refractivity contribution in [1.29, 1.82) is 0 Å². The van der Waals surface area contributed by atoms with Crippen LogP contribution in [0.3, 0.4) is 0 Å². The fourth-order valence-electron chi connectivity index (χ4n) is 2.83. The van der Waals surface area contributed by atoms with Crippen molar-refractivity contribution >= 4 is 11.3 Å². The van der Waals surface area contributed by atoms with Crippen LogP contribution in [0.15, 0.2) is 12.1 Å². The molecular weight excluding hydrogens is 262 g/mol.